The summed E-state index contributed by atoms with van der Waals surface area (Å²) in [6, 6.07) is 5.66. The van der Waals surface area contributed by atoms with Gasteiger partial charge in [0.2, 0.25) is 0 Å². The van der Waals surface area contributed by atoms with E-state index in [2.05, 4.69) is 9.97 Å². The van der Waals surface area contributed by atoms with E-state index in [4.69, 9.17) is 9.47 Å². The SMILES string of the molecule is COc1cccc(OC)c1-c1cnc[nH]1. The van der Waals surface area contributed by atoms with Crippen LogP contribution in [0.25, 0.3) is 11.3 Å². The molecule has 1 heterocycles. The van der Waals surface area contributed by atoms with Gasteiger partial charge in [-0.2, -0.15) is 0 Å². The minimum absolute atomic E-state index is 0.763. The van der Waals surface area contributed by atoms with Crippen LogP contribution in [-0.2, 0) is 0 Å². The Balaban J connectivity index is 2.61. The van der Waals surface area contributed by atoms with Gasteiger partial charge in [-0.25, -0.2) is 4.98 Å². The fourth-order valence-corrected chi connectivity index (χ4v) is 1.51. The molecule has 0 saturated carbocycles. The van der Waals surface area contributed by atoms with E-state index >= 15 is 0 Å². The number of imidazole rings is 1. The van der Waals surface area contributed by atoms with E-state index < -0.39 is 0 Å². The van der Waals surface area contributed by atoms with Gasteiger partial charge < -0.3 is 14.5 Å². The van der Waals surface area contributed by atoms with Crippen LogP contribution in [0.5, 0.6) is 11.5 Å². The molecular weight excluding hydrogens is 192 g/mol. The number of nitrogens with one attached hydrogen (secondary N) is 1. The van der Waals surface area contributed by atoms with Crippen molar-refractivity contribution in [1.82, 2.24) is 9.97 Å². The van der Waals surface area contributed by atoms with Gasteiger partial charge in [-0.15, -0.1) is 0 Å². The number of benzene rings is 1. The van der Waals surface area contributed by atoms with Crippen LogP contribution in [0.1, 0.15) is 0 Å². The Labute approximate surface area is 87.9 Å². The van der Waals surface area contributed by atoms with Crippen LogP contribution < -0.4 is 9.47 Å². The predicted octanol–water partition coefficient (Wildman–Crippen LogP) is 2.09. The molecule has 2 rings (SSSR count). The normalized spacial score (nSPS) is 10.0. The maximum absolute atomic E-state index is 5.28. The smallest absolute Gasteiger partial charge is 0.131 e. The zero-order valence-electron chi connectivity index (χ0n) is 8.65. The van der Waals surface area contributed by atoms with Crippen molar-refractivity contribution in [3.05, 3.63) is 30.7 Å². The maximum Gasteiger partial charge on any atom is 0.131 e. The quantitative estimate of drug-likeness (QED) is 0.832. The number of hydrogen-bond acceptors (Lipinski definition) is 3. The lowest BCUT2D eigenvalue weighted by atomic mass is 10.1. The molecule has 0 bridgehead atoms. The lowest BCUT2D eigenvalue weighted by Gasteiger charge is -2.10. The van der Waals surface area contributed by atoms with Crippen LogP contribution in [0.3, 0.4) is 0 Å². The van der Waals surface area contributed by atoms with Crippen LogP contribution in [-0.4, -0.2) is 24.2 Å². The number of ether oxygens (including phenoxy) is 2. The molecular formula is C11H12N2O2. The van der Waals surface area contributed by atoms with Crippen molar-refractivity contribution >= 4 is 0 Å². The Morgan fingerprint density at radius 3 is 2.27 bits per heavy atom. The molecule has 0 spiro atoms. The number of methoxy groups -OCH3 is 2. The molecule has 1 N–H and O–H groups in total. The van der Waals surface area contributed by atoms with Gasteiger partial charge in [-0.1, -0.05) is 6.07 Å². The molecule has 0 aliphatic rings. The van der Waals surface area contributed by atoms with Crippen LogP contribution in [0.2, 0.25) is 0 Å². The summed E-state index contributed by atoms with van der Waals surface area (Å²) >= 11 is 0. The second-order valence-corrected chi connectivity index (χ2v) is 3.00. The molecule has 4 heteroatoms. The van der Waals surface area contributed by atoms with Gasteiger partial charge in [-0.3, -0.25) is 0 Å². The summed E-state index contributed by atoms with van der Waals surface area (Å²) in [5.74, 6) is 1.53. The fraction of sp³-hybridized carbons (Fsp3) is 0.182. The van der Waals surface area contributed by atoms with Crippen molar-refractivity contribution in [2.24, 2.45) is 0 Å². The zero-order valence-corrected chi connectivity index (χ0v) is 8.65. The first-order valence-electron chi connectivity index (χ1n) is 4.56. The van der Waals surface area contributed by atoms with Gasteiger partial charge in [0.25, 0.3) is 0 Å². The van der Waals surface area contributed by atoms with E-state index in [1.54, 1.807) is 26.7 Å². The van der Waals surface area contributed by atoms with Gasteiger partial charge in [0.1, 0.15) is 11.5 Å². The minimum Gasteiger partial charge on any atom is -0.496 e. The van der Waals surface area contributed by atoms with E-state index in [1.807, 2.05) is 18.2 Å². The van der Waals surface area contributed by atoms with Gasteiger partial charge in [0, 0.05) is 0 Å². The zero-order chi connectivity index (χ0) is 10.7. The highest BCUT2D eigenvalue weighted by Gasteiger charge is 2.12. The second-order valence-electron chi connectivity index (χ2n) is 3.00. The lowest BCUT2D eigenvalue weighted by molar-refractivity contribution is 0.397. The highest BCUT2D eigenvalue weighted by molar-refractivity contribution is 5.73. The number of H-pyrrole nitrogens is 1. The first kappa shape index (κ1) is 9.58. The number of nitrogens with zero attached hydrogens (tertiary/aromatic N) is 1. The van der Waals surface area contributed by atoms with Gasteiger partial charge in [0.05, 0.1) is 38.0 Å². The number of hydrogen-bond donors (Lipinski definition) is 1. The Morgan fingerprint density at radius 1 is 1.13 bits per heavy atom. The summed E-state index contributed by atoms with van der Waals surface area (Å²) in [5, 5.41) is 0. The first-order valence-corrected chi connectivity index (χ1v) is 4.56. The molecule has 4 nitrogen and oxygen atoms in total. The molecule has 0 fully saturated rings. The third-order valence-corrected chi connectivity index (χ3v) is 2.20. The number of aromatic nitrogens is 2. The molecule has 0 aliphatic carbocycles. The molecule has 2 aromatic rings. The highest BCUT2D eigenvalue weighted by atomic mass is 16.5. The lowest BCUT2D eigenvalue weighted by Crippen LogP contribution is -1.92. The molecule has 0 unspecified atom stereocenters. The summed E-state index contributed by atoms with van der Waals surface area (Å²) in [6.07, 6.45) is 3.36. The molecule has 0 radical (unpaired) electrons. The van der Waals surface area contributed by atoms with Crippen molar-refractivity contribution in [3.63, 3.8) is 0 Å². The van der Waals surface area contributed by atoms with E-state index in [0.717, 1.165) is 22.8 Å². The molecule has 15 heavy (non-hydrogen) atoms. The summed E-state index contributed by atoms with van der Waals surface area (Å²) in [4.78, 5) is 7.01. The van der Waals surface area contributed by atoms with E-state index in [-0.39, 0.29) is 0 Å². The van der Waals surface area contributed by atoms with E-state index in [1.165, 1.54) is 0 Å². The van der Waals surface area contributed by atoms with Crippen LogP contribution in [0.4, 0.5) is 0 Å². The number of rotatable bonds is 3. The molecule has 0 atom stereocenters. The average Bonchev–Trinajstić information content (AvgIpc) is 2.81. The predicted molar refractivity (Wildman–Crippen MR) is 57.1 cm³/mol. The standard InChI is InChI=1S/C11H12N2O2/c1-14-9-4-3-5-10(15-2)11(9)8-6-12-7-13-8/h3-7H,1-2H3,(H,12,13). The van der Waals surface area contributed by atoms with E-state index in [9.17, 15) is 0 Å². The molecule has 0 saturated heterocycles. The first-order chi connectivity index (χ1) is 7.36. The van der Waals surface area contributed by atoms with Crippen molar-refractivity contribution < 1.29 is 9.47 Å². The van der Waals surface area contributed by atoms with Crippen molar-refractivity contribution in [3.8, 4) is 22.8 Å². The second kappa shape index (κ2) is 4.04. The van der Waals surface area contributed by atoms with Gasteiger partial charge in [-0.05, 0) is 12.1 Å². The maximum atomic E-state index is 5.28. The Hall–Kier alpha value is -1.97. The monoisotopic (exact) mass is 204 g/mol. The third kappa shape index (κ3) is 1.66. The Bertz CT molecular complexity index is 416. The summed E-state index contributed by atoms with van der Waals surface area (Å²) in [5.41, 5.74) is 1.77. The van der Waals surface area contributed by atoms with Crippen molar-refractivity contribution in [2.45, 2.75) is 0 Å². The average molecular weight is 204 g/mol. The Kier molecular flexibility index (Phi) is 2.58. The number of aromatic amines is 1. The van der Waals surface area contributed by atoms with Crippen LogP contribution >= 0.6 is 0 Å². The van der Waals surface area contributed by atoms with Crippen molar-refractivity contribution in [2.75, 3.05) is 14.2 Å². The van der Waals surface area contributed by atoms with Gasteiger partial charge >= 0.3 is 0 Å². The molecule has 0 aliphatic heterocycles. The Morgan fingerprint density at radius 2 is 1.80 bits per heavy atom. The molecule has 78 valence electrons. The summed E-state index contributed by atoms with van der Waals surface area (Å²) in [6.45, 7) is 0. The van der Waals surface area contributed by atoms with Crippen LogP contribution in [0.15, 0.2) is 30.7 Å². The largest absolute Gasteiger partial charge is 0.496 e. The molecule has 1 aromatic heterocycles. The molecule has 0 amide bonds. The van der Waals surface area contributed by atoms with Crippen LogP contribution in [0, 0.1) is 0 Å². The van der Waals surface area contributed by atoms with Crippen molar-refractivity contribution in [1.29, 1.82) is 0 Å². The molecule has 1 aromatic carbocycles. The topological polar surface area (TPSA) is 47.1 Å². The summed E-state index contributed by atoms with van der Waals surface area (Å²) < 4.78 is 10.6. The third-order valence-electron chi connectivity index (χ3n) is 2.20. The minimum atomic E-state index is 0.763. The fourth-order valence-electron chi connectivity index (χ4n) is 1.51. The van der Waals surface area contributed by atoms with Gasteiger partial charge in [0.15, 0.2) is 0 Å². The van der Waals surface area contributed by atoms with E-state index in [0.29, 0.717) is 0 Å². The summed E-state index contributed by atoms with van der Waals surface area (Å²) in [7, 11) is 3.27. The highest BCUT2D eigenvalue weighted by Crippen LogP contribution is 2.36.